The molecule has 0 bridgehead atoms. The van der Waals surface area contributed by atoms with Crippen LogP contribution in [0.4, 0.5) is 8.78 Å². The third kappa shape index (κ3) is 7.03. The summed E-state index contributed by atoms with van der Waals surface area (Å²) in [4.78, 5) is 12.5. The maximum Gasteiger partial charge on any atom is 0.314 e. The third-order valence-corrected chi connectivity index (χ3v) is 6.56. The van der Waals surface area contributed by atoms with Gasteiger partial charge in [0.15, 0.2) is 11.6 Å². The number of benzene rings is 2. The van der Waals surface area contributed by atoms with Crippen molar-refractivity contribution in [2.24, 2.45) is 5.92 Å². The summed E-state index contributed by atoms with van der Waals surface area (Å²) in [5.41, 5.74) is 0.801. The zero-order chi connectivity index (χ0) is 24.3. The number of nitriles is 1. The second-order valence-corrected chi connectivity index (χ2v) is 9.01. The van der Waals surface area contributed by atoms with Crippen molar-refractivity contribution < 1.29 is 23.0 Å². The second kappa shape index (κ2) is 13.1. The lowest BCUT2D eigenvalue weighted by atomic mass is 9.79. The van der Waals surface area contributed by atoms with Crippen molar-refractivity contribution in [3.63, 3.8) is 0 Å². The maximum absolute atomic E-state index is 14.0. The molecule has 1 aliphatic rings. The van der Waals surface area contributed by atoms with Crippen LogP contribution >= 0.6 is 0 Å². The average Bonchev–Trinajstić information content (AvgIpc) is 2.87. The number of halogens is 2. The monoisotopic (exact) mass is 469 g/mol. The highest BCUT2D eigenvalue weighted by Gasteiger charge is 2.29. The van der Waals surface area contributed by atoms with Crippen molar-refractivity contribution in [1.29, 1.82) is 5.26 Å². The molecule has 0 atom stereocenters. The maximum atomic E-state index is 14.0. The molecule has 3 rings (SSSR count). The Labute approximate surface area is 200 Å². The van der Waals surface area contributed by atoms with E-state index >= 15 is 0 Å². The van der Waals surface area contributed by atoms with Crippen LogP contribution in [-0.4, -0.2) is 12.6 Å². The zero-order valence-electron chi connectivity index (χ0n) is 19.8. The normalized spacial score (nSPS) is 17.7. The van der Waals surface area contributed by atoms with E-state index in [1.807, 2.05) is 12.1 Å². The molecule has 2 aromatic carbocycles. The van der Waals surface area contributed by atoms with Gasteiger partial charge in [-0.3, -0.25) is 4.79 Å². The van der Waals surface area contributed by atoms with E-state index in [0.717, 1.165) is 43.8 Å². The number of unbranched alkanes of at least 4 members (excludes halogenated alkanes) is 5. The van der Waals surface area contributed by atoms with E-state index in [1.54, 1.807) is 6.07 Å². The molecule has 182 valence electrons. The van der Waals surface area contributed by atoms with Crippen molar-refractivity contribution >= 4 is 5.97 Å². The number of hydrogen-bond acceptors (Lipinski definition) is 4. The van der Waals surface area contributed by atoms with Gasteiger partial charge in [0, 0.05) is 0 Å². The van der Waals surface area contributed by atoms with Gasteiger partial charge in [0.25, 0.3) is 0 Å². The number of nitrogens with zero attached hydrogens (tertiary/aromatic N) is 1. The van der Waals surface area contributed by atoms with Crippen LogP contribution in [0.15, 0.2) is 36.4 Å². The van der Waals surface area contributed by atoms with E-state index in [-0.39, 0.29) is 5.92 Å². The van der Waals surface area contributed by atoms with Gasteiger partial charge in [0.2, 0.25) is 5.82 Å². The van der Waals surface area contributed by atoms with Crippen LogP contribution in [0.25, 0.3) is 0 Å². The first kappa shape index (κ1) is 25.7. The number of hydrogen-bond donors (Lipinski definition) is 0. The average molecular weight is 470 g/mol. The zero-order valence-corrected chi connectivity index (χ0v) is 19.8. The molecule has 2 aromatic rings. The molecular formula is C28H33F2NO3. The highest BCUT2D eigenvalue weighted by molar-refractivity contribution is 5.75. The highest BCUT2D eigenvalue weighted by Crippen LogP contribution is 2.37. The second-order valence-electron chi connectivity index (χ2n) is 9.01. The van der Waals surface area contributed by atoms with E-state index in [9.17, 15) is 13.6 Å². The summed E-state index contributed by atoms with van der Waals surface area (Å²) in [6, 6.07) is 12.0. The minimum Gasteiger partial charge on any atom is -0.494 e. The largest absolute Gasteiger partial charge is 0.494 e. The molecule has 0 unspecified atom stereocenters. The predicted molar refractivity (Wildman–Crippen MR) is 127 cm³/mol. The van der Waals surface area contributed by atoms with Crippen molar-refractivity contribution in [2.45, 2.75) is 77.0 Å². The van der Waals surface area contributed by atoms with Crippen LogP contribution < -0.4 is 9.47 Å². The molecule has 1 fully saturated rings. The topological polar surface area (TPSA) is 59.3 Å². The van der Waals surface area contributed by atoms with E-state index in [1.165, 1.54) is 37.7 Å². The first-order valence-electron chi connectivity index (χ1n) is 12.4. The molecule has 0 N–H and O–H groups in total. The molecule has 0 aromatic heterocycles. The summed E-state index contributed by atoms with van der Waals surface area (Å²) >= 11 is 0. The number of esters is 1. The van der Waals surface area contributed by atoms with Gasteiger partial charge < -0.3 is 9.47 Å². The fourth-order valence-corrected chi connectivity index (χ4v) is 4.46. The Morgan fingerprint density at radius 2 is 1.62 bits per heavy atom. The van der Waals surface area contributed by atoms with Crippen molar-refractivity contribution in [3.8, 4) is 17.6 Å². The molecule has 0 heterocycles. The van der Waals surface area contributed by atoms with Gasteiger partial charge in [-0.2, -0.15) is 9.65 Å². The van der Waals surface area contributed by atoms with Crippen LogP contribution in [-0.2, 0) is 4.79 Å². The minimum atomic E-state index is -1.31. The van der Waals surface area contributed by atoms with Crippen molar-refractivity contribution in [1.82, 2.24) is 0 Å². The van der Waals surface area contributed by atoms with E-state index in [0.29, 0.717) is 18.8 Å². The quantitative estimate of drug-likeness (QED) is 0.195. The first-order chi connectivity index (χ1) is 16.5. The Morgan fingerprint density at radius 1 is 0.941 bits per heavy atom. The standard InChI is InChI=1S/C28H33F2NO3/c1-2-3-4-5-6-7-18-33-24-15-12-21(13-16-24)20-8-10-22(11-9-20)28(32)34-25-17-14-23(19-31)26(29)27(25)30/h12-17,20,22H,2-11,18H2,1H3. The SMILES string of the molecule is CCCCCCCCOc1ccc(C2CCC(C(=O)Oc3ccc(C#N)c(F)c3F)CC2)cc1. The Bertz CT molecular complexity index is 976. The van der Waals surface area contributed by atoms with Crippen LogP contribution in [0.2, 0.25) is 0 Å². The summed E-state index contributed by atoms with van der Waals surface area (Å²) in [5.74, 6) is -2.75. The van der Waals surface area contributed by atoms with Gasteiger partial charge in [-0.1, -0.05) is 51.2 Å². The summed E-state index contributed by atoms with van der Waals surface area (Å²) in [7, 11) is 0. The smallest absolute Gasteiger partial charge is 0.314 e. The van der Waals surface area contributed by atoms with Gasteiger partial charge in [-0.25, -0.2) is 4.39 Å². The van der Waals surface area contributed by atoms with E-state index in [2.05, 4.69) is 19.1 Å². The van der Waals surface area contributed by atoms with Gasteiger partial charge in [-0.15, -0.1) is 0 Å². The number of rotatable bonds is 11. The summed E-state index contributed by atoms with van der Waals surface area (Å²) in [6.45, 7) is 2.96. The first-order valence-corrected chi connectivity index (χ1v) is 12.4. The number of carbonyl (C=O) groups is 1. The van der Waals surface area contributed by atoms with Gasteiger partial charge in [0.05, 0.1) is 18.1 Å². The van der Waals surface area contributed by atoms with Crippen LogP contribution in [0.1, 0.15) is 88.2 Å². The highest BCUT2D eigenvalue weighted by atomic mass is 19.2. The molecule has 6 heteroatoms. The lowest BCUT2D eigenvalue weighted by Gasteiger charge is -2.27. The molecule has 0 aliphatic heterocycles. The Kier molecular flexibility index (Phi) is 9.88. The molecular weight excluding hydrogens is 436 g/mol. The fourth-order valence-electron chi connectivity index (χ4n) is 4.46. The Balaban J connectivity index is 1.42. The number of carbonyl (C=O) groups excluding carboxylic acids is 1. The lowest BCUT2D eigenvalue weighted by molar-refractivity contribution is -0.140. The van der Waals surface area contributed by atoms with Crippen LogP contribution in [0.3, 0.4) is 0 Å². The Hall–Kier alpha value is -2.94. The summed E-state index contributed by atoms with van der Waals surface area (Å²) < 4.78 is 38.8. The number of ether oxygens (including phenoxy) is 2. The van der Waals surface area contributed by atoms with E-state index < -0.39 is 28.9 Å². The summed E-state index contributed by atoms with van der Waals surface area (Å²) in [5, 5.41) is 8.76. The van der Waals surface area contributed by atoms with E-state index in [4.69, 9.17) is 14.7 Å². The van der Waals surface area contributed by atoms with Crippen molar-refractivity contribution in [2.75, 3.05) is 6.61 Å². The van der Waals surface area contributed by atoms with Crippen molar-refractivity contribution in [3.05, 3.63) is 59.2 Å². The minimum absolute atomic E-state index is 0.348. The van der Waals surface area contributed by atoms with Gasteiger partial charge >= 0.3 is 5.97 Å². The fraction of sp³-hybridized carbons (Fsp3) is 0.500. The molecule has 1 saturated carbocycles. The third-order valence-electron chi connectivity index (χ3n) is 6.56. The van der Waals surface area contributed by atoms with Gasteiger partial charge in [0.1, 0.15) is 11.8 Å². The molecule has 0 radical (unpaired) electrons. The predicted octanol–water partition coefficient (Wildman–Crippen LogP) is 7.46. The Morgan fingerprint density at radius 3 is 2.29 bits per heavy atom. The molecule has 1 aliphatic carbocycles. The summed E-state index contributed by atoms with van der Waals surface area (Å²) in [6.07, 6.45) is 10.3. The molecule has 34 heavy (non-hydrogen) atoms. The molecule has 0 spiro atoms. The molecule has 4 nitrogen and oxygen atoms in total. The van der Waals surface area contributed by atoms with Gasteiger partial charge in [-0.05, 0) is 67.9 Å². The van der Waals surface area contributed by atoms with Crippen LogP contribution in [0.5, 0.6) is 11.5 Å². The molecule has 0 saturated heterocycles. The lowest BCUT2D eigenvalue weighted by Crippen LogP contribution is -2.25. The van der Waals surface area contributed by atoms with Crippen LogP contribution in [0, 0.1) is 28.9 Å². The molecule has 0 amide bonds.